The molecule has 0 amide bonds. The first-order valence-electron chi connectivity index (χ1n) is 5.35. The molecular weight excluding hydrogens is 205 g/mol. The summed E-state index contributed by atoms with van der Waals surface area (Å²) in [6.07, 6.45) is 0.996. The molecule has 0 spiro atoms. The van der Waals surface area contributed by atoms with E-state index < -0.39 is 0 Å². The Hall–Kier alpha value is -1.61. The van der Waals surface area contributed by atoms with Gasteiger partial charge >= 0.3 is 0 Å². The van der Waals surface area contributed by atoms with Gasteiger partial charge in [0.05, 0.1) is 0 Å². The molecule has 2 N–H and O–H groups in total. The summed E-state index contributed by atoms with van der Waals surface area (Å²) in [5, 5.41) is 0. The highest BCUT2D eigenvalue weighted by molar-refractivity contribution is 5.57. The van der Waals surface area contributed by atoms with Crippen LogP contribution >= 0.6 is 0 Å². The Labute approximate surface area is 92.9 Å². The summed E-state index contributed by atoms with van der Waals surface area (Å²) in [4.78, 5) is 0. The van der Waals surface area contributed by atoms with Crippen molar-refractivity contribution in [3.63, 3.8) is 0 Å². The molecule has 3 heteroatoms. The van der Waals surface area contributed by atoms with E-state index in [-0.39, 0.29) is 11.9 Å². The summed E-state index contributed by atoms with van der Waals surface area (Å²) in [5.74, 6) is 1.84. The zero-order valence-corrected chi connectivity index (χ0v) is 8.69. The third-order valence-electron chi connectivity index (χ3n) is 2.96. The van der Waals surface area contributed by atoms with Crippen LogP contribution in [0.15, 0.2) is 40.8 Å². The van der Waals surface area contributed by atoms with E-state index >= 15 is 0 Å². The number of halogens is 1. The van der Waals surface area contributed by atoms with Crippen LogP contribution in [0, 0.1) is 5.82 Å². The van der Waals surface area contributed by atoms with Gasteiger partial charge in [0, 0.05) is 17.5 Å². The van der Waals surface area contributed by atoms with E-state index in [1.807, 2.05) is 12.1 Å². The average Bonchev–Trinajstić information content (AvgIpc) is 2.82. The van der Waals surface area contributed by atoms with Crippen molar-refractivity contribution in [1.82, 2.24) is 0 Å². The van der Waals surface area contributed by atoms with Crippen molar-refractivity contribution in [2.45, 2.75) is 18.4 Å². The van der Waals surface area contributed by atoms with Gasteiger partial charge in [-0.1, -0.05) is 0 Å². The minimum atomic E-state index is -0.236. The van der Waals surface area contributed by atoms with Gasteiger partial charge in [0.25, 0.3) is 0 Å². The van der Waals surface area contributed by atoms with E-state index in [4.69, 9.17) is 10.2 Å². The maximum absolute atomic E-state index is 12.7. The van der Waals surface area contributed by atoms with Crippen molar-refractivity contribution < 1.29 is 8.81 Å². The second-order valence-corrected chi connectivity index (χ2v) is 4.21. The molecule has 3 rings (SSSR count). The van der Waals surface area contributed by atoms with Crippen molar-refractivity contribution >= 4 is 0 Å². The predicted molar refractivity (Wildman–Crippen MR) is 59.4 cm³/mol. The van der Waals surface area contributed by atoms with Crippen LogP contribution in [0.4, 0.5) is 4.39 Å². The summed E-state index contributed by atoms with van der Waals surface area (Å²) in [6.45, 7) is 0. The first kappa shape index (κ1) is 9.60. The standard InChI is InChI=1S/C13H12FNO/c14-9-3-1-8(2-4-9)12-5-6-13(16-12)10-7-11(10)15/h1-6,10-11H,7,15H2/t10-,11-/m1/s1. The lowest BCUT2D eigenvalue weighted by Crippen LogP contribution is -2.00. The third kappa shape index (κ3) is 1.63. The van der Waals surface area contributed by atoms with Gasteiger partial charge in [-0.15, -0.1) is 0 Å². The van der Waals surface area contributed by atoms with Crippen LogP contribution in [0.25, 0.3) is 11.3 Å². The SMILES string of the molecule is N[C@@H]1C[C@H]1c1ccc(-c2ccc(F)cc2)o1. The van der Waals surface area contributed by atoms with Gasteiger partial charge in [0.1, 0.15) is 17.3 Å². The monoisotopic (exact) mass is 217 g/mol. The molecule has 1 heterocycles. The fourth-order valence-corrected chi connectivity index (χ4v) is 1.86. The molecule has 0 radical (unpaired) electrons. The van der Waals surface area contributed by atoms with Crippen molar-refractivity contribution in [1.29, 1.82) is 0 Å². The van der Waals surface area contributed by atoms with Crippen molar-refractivity contribution in [2.24, 2.45) is 5.73 Å². The van der Waals surface area contributed by atoms with E-state index in [9.17, 15) is 4.39 Å². The number of hydrogen-bond acceptors (Lipinski definition) is 2. The van der Waals surface area contributed by atoms with E-state index in [2.05, 4.69) is 0 Å². The Morgan fingerprint density at radius 2 is 1.81 bits per heavy atom. The Morgan fingerprint density at radius 1 is 1.12 bits per heavy atom. The molecule has 0 saturated heterocycles. The van der Waals surface area contributed by atoms with Crippen LogP contribution in [0.2, 0.25) is 0 Å². The Morgan fingerprint density at radius 3 is 2.44 bits per heavy atom. The Bertz CT molecular complexity index is 503. The van der Waals surface area contributed by atoms with Gasteiger partial charge in [-0.25, -0.2) is 4.39 Å². The molecule has 2 aromatic rings. The van der Waals surface area contributed by atoms with Gasteiger partial charge in [0.2, 0.25) is 0 Å². The van der Waals surface area contributed by atoms with E-state index in [1.165, 1.54) is 12.1 Å². The summed E-state index contributed by atoms with van der Waals surface area (Å²) in [5.41, 5.74) is 6.65. The molecule has 0 aliphatic heterocycles. The van der Waals surface area contributed by atoms with Crippen molar-refractivity contribution in [2.75, 3.05) is 0 Å². The molecule has 1 aromatic carbocycles. The molecule has 82 valence electrons. The minimum Gasteiger partial charge on any atom is -0.461 e. The molecule has 2 nitrogen and oxygen atoms in total. The molecule has 16 heavy (non-hydrogen) atoms. The van der Waals surface area contributed by atoms with Crippen LogP contribution in [-0.4, -0.2) is 6.04 Å². The van der Waals surface area contributed by atoms with Gasteiger partial charge in [-0.3, -0.25) is 0 Å². The van der Waals surface area contributed by atoms with Crippen LogP contribution in [0.3, 0.4) is 0 Å². The maximum Gasteiger partial charge on any atom is 0.134 e. The summed E-state index contributed by atoms with van der Waals surface area (Å²) >= 11 is 0. The first-order chi connectivity index (χ1) is 7.74. The molecule has 1 aliphatic carbocycles. The number of hydrogen-bond donors (Lipinski definition) is 1. The second-order valence-electron chi connectivity index (χ2n) is 4.21. The second kappa shape index (κ2) is 3.46. The Balaban J connectivity index is 1.89. The lowest BCUT2D eigenvalue weighted by Gasteiger charge is -1.96. The van der Waals surface area contributed by atoms with Crippen molar-refractivity contribution in [3.05, 3.63) is 48.0 Å². The highest BCUT2D eigenvalue weighted by atomic mass is 19.1. The topological polar surface area (TPSA) is 39.2 Å². The highest BCUT2D eigenvalue weighted by Gasteiger charge is 2.37. The zero-order valence-electron chi connectivity index (χ0n) is 8.69. The quantitative estimate of drug-likeness (QED) is 0.840. The van der Waals surface area contributed by atoms with Gasteiger partial charge in [0.15, 0.2) is 0 Å². The number of rotatable bonds is 2. The molecule has 1 saturated carbocycles. The molecule has 0 unspecified atom stereocenters. The fourth-order valence-electron chi connectivity index (χ4n) is 1.86. The van der Waals surface area contributed by atoms with Gasteiger partial charge in [-0.2, -0.15) is 0 Å². The molecule has 1 aromatic heterocycles. The number of benzene rings is 1. The fraction of sp³-hybridized carbons (Fsp3) is 0.231. The average molecular weight is 217 g/mol. The van der Waals surface area contributed by atoms with E-state index in [0.29, 0.717) is 5.92 Å². The molecule has 1 aliphatic rings. The summed E-state index contributed by atoms with van der Waals surface area (Å²) in [6, 6.07) is 10.4. The smallest absolute Gasteiger partial charge is 0.134 e. The summed E-state index contributed by atoms with van der Waals surface area (Å²) in [7, 11) is 0. The van der Waals surface area contributed by atoms with Crippen LogP contribution < -0.4 is 5.73 Å². The predicted octanol–water partition coefficient (Wildman–Crippen LogP) is 2.90. The van der Waals surface area contributed by atoms with Crippen LogP contribution in [0.5, 0.6) is 0 Å². The van der Waals surface area contributed by atoms with Gasteiger partial charge < -0.3 is 10.2 Å². The Kier molecular flexibility index (Phi) is 2.07. The third-order valence-corrected chi connectivity index (χ3v) is 2.96. The molecule has 1 fully saturated rings. The number of nitrogens with two attached hydrogens (primary N) is 1. The van der Waals surface area contributed by atoms with Gasteiger partial charge in [-0.05, 0) is 42.8 Å². The van der Waals surface area contributed by atoms with E-state index in [0.717, 1.165) is 23.5 Å². The zero-order chi connectivity index (χ0) is 11.1. The van der Waals surface area contributed by atoms with E-state index in [1.54, 1.807) is 12.1 Å². The van der Waals surface area contributed by atoms with Crippen LogP contribution in [0.1, 0.15) is 18.1 Å². The molecule has 0 bridgehead atoms. The van der Waals surface area contributed by atoms with Crippen LogP contribution in [-0.2, 0) is 0 Å². The highest BCUT2D eigenvalue weighted by Crippen LogP contribution is 2.40. The first-order valence-corrected chi connectivity index (χ1v) is 5.35. The normalized spacial score (nSPS) is 23.4. The minimum absolute atomic E-state index is 0.236. The lowest BCUT2D eigenvalue weighted by molar-refractivity contribution is 0.522. The molecule has 2 atom stereocenters. The van der Waals surface area contributed by atoms with Crippen molar-refractivity contribution in [3.8, 4) is 11.3 Å². The number of furan rings is 1. The summed E-state index contributed by atoms with van der Waals surface area (Å²) < 4.78 is 18.5. The maximum atomic E-state index is 12.7. The largest absolute Gasteiger partial charge is 0.461 e. The lowest BCUT2D eigenvalue weighted by atomic mass is 10.2. The molecular formula is C13H12FNO.